The lowest BCUT2D eigenvalue weighted by atomic mass is 10.1. The van der Waals surface area contributed by atoms with Crippen molar-refractivity contribution >= 4 is 34.6 Å². The molecule has 6 aromatic rings. The van der Waals surface area contributed by atoms with E-state index in [0.29, 0.717) is 0 Å². The molecule has 0 saturated carbocycles. The summed E-state index contributed by atoms with van der Waals surface area (Å²) < 4.78 is 7.30. The van der Waals surface area contributed by atoms with E-state index in [2.05, 4.69) is 148 Å². The second-order valence-corrected chi connectivity index (χ2v) is 11.6. The molecule has 178 valence electrons. The number of hydrogen-bond acceptors (Lipinski definition) is 2. The van der Waals surface area contributed by atoms with Crippen LogP contribution in [0.4, 0.5) is 0 Å². The Balaban J connectivity index is 1.40. The van der Waals surface area contributed by atoms with Crippen LogP contribution >= 0.6 is 23.5 Å². The van der Waals surface area contributed by atoms with Crippen LogP contribution in [0, 0.1) is 0 Å². The summed E-state index contributed by atoms with van der Waals surface area (Å²) in [7, 11) is 2.17. The molecular weight excluding hydrogens is 491 g/mol. The Labute approximate surface area is 225 Å². The van der Waals surface area contributed by atoms with E-state index in [0.717, 1.165) is 5.69 Å². The third-order valence-electron chi connectivity index (χ3n) is 6.89. The van der Waals surface area contributed by atoms with Crippen LogP contribution in [0.25, 0.3) is 39.4 Å². The highest BCUT2D eigenvalue weighted by Gasteiger charge is 2.35. The molecule has 1 unspecified atom stereocenters. The summed E-state index contributed by atoms with van der Waals surface area (Å²) in [5.41, 5.74) is 7.36. The Morgan fingerprint density at radius 3 is 2.30 bits per heavy atom. The maximum absolute atomic E-state index is 2.40. The Kier molecular flexibility index (Phi) is 5.60. The van der Waals surface area contributed by atoms with Crippen LogP contribution in [0.15, 0.2) is 137 Å². The van der Waals surface area contributed by atoms with Crippen LogP contribution in [0.3, 0.4) is 0 Å². The number of benzene rings is 4. The number of pyridine rings is 1. The zero-order valence-electron chi connectivity index (χ0n) is 20.4. The minimum atomic E-state index is 0.187. The van der Waals surface area contributed by atoms with Crippen LogP contribution in [0.2, 0.25) is 0 Å². The van der Waals surface area contributed by atoms with E-state index in [9.17, 15) is 0 Å². The fraction of sp³-hybridized carbons (Fsp3) is 0.0625. The normalized spacial score (nSPS) is 14.4. The zero-order valence-corrected chi connectivity index (χ0v) is 22.0. The van der Waals surface area contributed by atoms with E-state index in [1.165, 1.54) is 43.5 Å². The molecule has 0 aliphatic carbocycles. The molecule has 0 amide bonds. The first-order valence-electron chi connectivity index (χ1n) is 12.4. The predicted molar refractivity (Wildman–Crippen MR) is 153 cm³/mol. The Hall–Kier alpha value is -3.80. The molecule has 3 heterocycles. The summed E-state index contributed by atoms with van der Waals surface area (Å²) in [6.07, 6.45) is 2.21. The van der Waals surface area contributed by atoms with Crippen molar-refractivity contribution in [2.75, 3.05) is 0 Å². The molecule has 7 rings (SSSR count). The van der Waals surface area contributed by atoms with Gasteiger partial charge in [0.25, 0.3) is 10.5 Å². The first kappa shape index (κ1) is 22.4. The van der Waals surface area contributed by atoms with Gasteiger partial charge in [0.05, 0.1) is 18.2 Å². The van der Waals surface area contributed by atoms with Crippen molar-refractivity contribution in [2.45, 2.75) is 14.5 Å². The Morgan fingerprint density at radius 2 is 1.41 bits per heavy atom. The van der Waals surface area contributed by atoms with E-state index < -0.39 is 0 Å². The molecule has 1 aliphatic rings. The summed E-state index contributed by atoms with van der Waals surface area (Å²) in [5, 5.41) is 0. The van der Waals surface area contributed by atoms with Crippen molar-refractivity contribution in [1.29, 1.82) is 0 Å². The van der Waals surface area contributed by atoms with Gasteiger partial charge < -0.3 is 0 Å². The van der Waals surface area contributed by atoms with E-state index >= 15 is 0 Å². The monoisotopic (exact) mass is 515 g/mol. The first-order chi connectivity index (χ1) is 18.3. The summed E-state index contributed by atoms with van der Waals surface area (Å²) in [5.74, 6) is 1.18. The van der Waals surface area contributed by atoms with Crippen molar-refractivity contribution in [3.05, 3.63) is 128 Å². The van der Waals surface area contributed by atoms with Crippen molar-refractivity contribution in [2.24, 2.45) is 7.05 Å². The molecule has 3 nitrogen and oxygen atoms in total. The van der Waals surface area contributed by atoms with Gasteiger partial charge in [0.2, 0.25) is 5.69 Å². The summed E-state index contributed by atoms with van der Waals surface area (Å²) in [4.78, 5) is 2.59. The molecule has 0 bridgehead atoms. The number of hydrogen-bond donors (Lipinski definition) is 0. The quantitative estimate of drug-likeness (QED) is 0.226. The molecule has 5 heteroatoms. The average Bonchev–Trinajstić information content (AvgIpc) is 3.26. The van der Waals surface area contributed by atoms with Gasteiger partial charge in [0.1, 0.15) is 5.69 Å². The molecule has 1 atom stereocenters. The number of nitrogens with zero attached hydrogens (tertiary/aromatic N) is 3. The number of para-hydroxylation sites is 3. The van der Waals surface area contributed by atoms with E-state index in [1.807, 2.05) is 23.5 Å². The molecule has 0 radical (unpaired) electrons. The molecule has 0 spiro atoms. The van der Waals surface area contributed by atoms with Crippen molar-refractivity contribution < 1.29 is 9.13 Å². The lowest BCUT2D eigenvalue weighted by Gasteiger charge is -2.21. The van der Waals surface area contributed by atoms with Crippen LogP contribution in [0.5, 0.6) is 0 Å². The SMILES string of the molecule is C[n+]1c(-c2ccccc2SC2Sc3ccccc3-c3cccc[n+]32)n(-c2ccccc2)c2ccccc21. The van der Waals surface area contributed by atoms with Gasteiger partial charge in [0, 0.05) is 21.9 Å². The fourth-order valence-electron chi connectivity index (χ4n) is 5.21. The van der Waals surface area contributed by atoms with Gasteiger partial charge in [-0.25, -0.2) is 4.57 Å². The number of rotatable bonds is 4. The van der Waals surface area contributed by atoms with Gasteiger partial charge in [-0.3, -0.25) is 0 Å². The largest absolute Gasteiger partial charge is 0.295 e. The van der Waals surface area contributed by atoms with Crippen molar-refractivity contribution in [3.63, 3.8) is 0 Å². The maximum Gasteiger partial charge on any atom is 0.295 e. The van der Waals surface area contributed by atoms with Crippen molar-refractivity contribution in [3.8, 4) is 28.3 Å². The third kappa shape index (κ3) is 3.78. The Morgan fingerprint density at radius 1 is 0.703 bits per heavy atom. The summed E-state index contributed by atoms with van der Waals surface area (Å²) in [6.45, 7) is 0. The summed E-state index contributed by atoms with van der Waals surface area (Å²) in [6, 6.07) is 43.4. The molecular formula is C32H25N3S2+2. The number of imidazole rings is 1. The molecule has 0 saturated heterocycles. The van der Waals surface area contributed by atoms with Crippen LogP contribution < -0.4 is 9.13 Å². The smallest absolute Gasteiger partial charge is 0.225 e. The van der Waals surface area contributed by atoms with E-state index in [-0.39, 0.29) is 4.71 Å². The number of fused-ring (bicyclic) bond motifs is 4. The highest BCUT2D eigenvalue weighted by Crippen LogP contribution is 2.49. The highest BCUT2D eigenvalue weighted by molar-refractivity contribution is 8.15. The molecule has 37 heavy (non-hydrogen) atoms. The topological polar surface area (TPSA) is 12.7 Å². The van der Waals surface area contributed by atoms with Gasteiger partial charge in [-0.1, -0.05) is 54.6 Å². The van der Waals surface area contributed by atoms with Crippen LogP contribution in [-0.4, -0.2) is 4.57 Å². The minimum Gasteiger partial charge on any atom is -0.225 e. The van der Waals surface area contributed by atoms with Gasteiger partial charge in [-0.05, 0) is 78.1 Å². The molecule has 1 aliphatic heterocycles. The highest BCUT2D eigenvalue weighted by atomic mass is 32.2. The lowest BCUT2D eigenvalue weighted by Crippen LogP contribution is -2.40. The van der Waals surface area contributed by atoms with Crippen LogP contribution in [-0.2, 0) is 7.05 Å². The molecule has 4 aromatic carbocycles. The average molecular weight is 516 g/mol. The maximum atomic E-state index is 2.40. The second-order valence-electron chi connectivity index (χ2n) is 9.07. The van der Waals surface area contributed by atoms with Gasteiger partial charge >= 0.3 is 0 Å². The standard InChI is InChI=1S/C32H25N3S2/c1-33-27-18-7-8-19-28(27)35(23-13-3-2-4-14-23)31(33)25-16-6-10-21-30(25)37-32-34-22-12-11-17-26(34)24-15-5-9-20-29(24)36-32/h2-22,32H,1H3/q+2. The van der Waals surface area contributed by atoms with Gasteiger partial charge in [-0.15, -0.1) is 0 Å². The molecule has 2 aromatic heterocycles. The number of thioether (sulfide) groups is 2. The van der Waals surface area contributed by atoms with Gasteiger partial charge in [0.15, 0.2) is 17.2 Å². The zero-order chi connectivity index (χ0) is 24.8. The lowest BCUT2D eigenvalue weighted by molar-refractivity contribution is -0.668. The second kappa shape index (κ2) is 9.25. The Bertz CT molecular complexity index is 1760. The summed E-state index contributed by atoms with van der Waals surface area (Å²) >= 11 is 3.83. The minimum absolute atomic E-state index is 0.187. The number of aromatic nitrogens is 3. The predicted octanol–water partition coefficient (Wildman–Crippen LogP) is 7.43. The van der Waals surface area contributed by atoms with Crippen molar-refractivity contribution in [1.82, 2.24) is 4.57 Å². The first-order valence-corrected chi connectivity index (χ1v) is 14.1. The van der Waals surface area contributed by atoms with E-state index in [1.54, 1.807) is 0 Å². The van der Waals surface area contributed by atoms with E-state index in [4.69, 9.17) is 0 Å². The van der Waals surface area contributed by atoms with Crippen LogP contribution in [0.1, 0.15) is 4.71 Å². The third-order valence-corrected chi connectivity index (χ3v) is 9.55. The fourth-order valence-corrected chi connectivity index (χ4v) is 7.96. The molecule has 0 N–H and O–H groups in total. The number of aryl methyl sites for hydroxylation is 1. The molecule has 0 fully saturated rings. The van der Waals surface area contributed by atoms with Gasteiger partial charge in [-0.2, -0.15) is 9.13 Å².